The van der Waals surface area contributed by atoms with Crippen molar-refractivity contribution in [1.82, 2.24) is 9.21 Å². The molecule has 6 nitrogen and oxygen atoms in total. The smallest absolute Gasteiger partial charge is 0.244 e. The maximum Gasteiger partial charge on any atom is 0.244 e. The Bertz CT molecular complexity index is 615. The van der Waals surface area contributed by atoms with Gasteiger partial charge in [0, 0.05) is 25.8 Å². The van der Waals surface area contributed by atoms with Crippen LogP contribution in [-0.4, -0.2) is 50.2 Å². The minimum atomic E-state index is -3.83. The van der Waals surface area contributed by atoms with E-state index < -0.39 is 10.0 Å². The zero-order valence-corrected chi connectivity index (χ0v) is 13.9. The molecule has 2 N–H and O–H groups in total. The third-order valence-electron chi connectivity index (χ3n) is 3.12. The quantitative estimate of drug-likeness (QED) is 0.798. The Hall–Kier alpha value is -1.31. The van der Waals surface area contributed by atoms with Crippen molar-refractivity contribution >= 4 is 33.2 Å². The molecule has 0 saturated heterocycles. The zero-order valence-electron chi connectivity index (χ0n) is 12.3. The second kappa shape index (κ2) is 7.11. The second-order valence-electron chi connectivity index (χ2n) is 4.52. The molecule has 21 heavy (non-hydrogen) atoms. The summed E-state index contributed by atoms with van der Waals surface area (Å²) in [6.07, 6.45) is 0. The zero-order chi connectivity index (χ0) is 16.2. The Kier molecular flexibility index (Phi) is 6.00. The molecule has 0 saturated carbocycles. The molecule has 0 bridgehead atoms. The van der Waals surface area contributed by atoms with Crippen LogP contribution >= 0.6 is 11.6 Å². The van der Waals surface area contributed by atoms with Gasteiger partial charge in [0.15, 0.2) is 0 Å². The molecule has 0 aliphatic carbocycles. The van der Waals surface area contributed by atoms with Crippen molar-refractivity contribution in [3.05, 3.63) is 23.2 Å². The highest BCUT2D eigenvalue weighted by Crippen LogP contribution is 2.25. The first-order valence-corrected chi connectivity index (χ1v) is 8.35. The van der Waals surface area contributed by atoms with E-state index in [1.807, 2.05) is 13.8 Å². The number of hydrogen-bond donors (Lipinski definition) is 1. The number of carbonyl (C=O) groups is 1. The van der Waals surface area contributed by atoms with Crippen LogP contribution in [0.3, 0.4) is 0 Å². The van der Waals surface area contributed by atoms with E-state index in [9.17, 15) is 13.2 Å². The van der Waals surface area contributed by atoms with Crippen LogP contribution in [0.5, 0.6) is 0 Å². The van der Waals surface area contributed by atoms with Crippen LogP contribution in [-0.2, 0) is 14.8 Å². The van der Waals surface area contributed by atoms with Crippen LogP contribution in [0.25, 0.3) is 0 Å². The monoisotopic (exact) mass is 333 g/mol. The van der Waals surface area contributed by atoms with Gasteiger partial charge < -0.3 is 10.6 Å². The fourth-order valence-electron chi connectivity index (χ4n) is 1.85. The molecule has 0 aliphatic heterocycles. The highest BCUT2D eigenvalue weighted by molar-refractivity contribution is 7.89. The van der Waals surface area contributed by atoms with Gasteiger partial charge in [0.05, 0.1) is 11.6 Å². The highest BCUT2D eigenvalue weighted by Gasteiger charge is 2.26. The molecule has 118 valence electrons. The van der Waals surface area contributed by atoms with Crippen molar-refractivity contribution in [1.29, 1.82) is 0 Å². The molecule has 0 aromatic heterocycles. The third-order valence-corrected chi connectivity index (χ3v) is 5.40. The van der Waals surface area contributed by atoms with Gasteiger partial charge in [-0.3, -0.25) is 4.79 Å². The Morgan fingerprint density at radius 2 is 1.86 bits per heavy atom. The number of rotatable bonds is 6. The van der Waals surface area contributed by atoms with Crippen molar-refractivity contribution in [2.75, 3.05) is 32.4 Å². The van der Waals surface area contributed by atoms with Crippen molar-refractivity contribution in [2.24, 2.45) is 0 Å². The summed E-state index contributed by atoms with van der Waals surface area (Å²) in [4.78, 5) is 13.5. The SMILES string of the molecule is CCN(CC)C(=O)CN(C)S(=O)(=O)c1ccc(N)cc1Cl. The van der Waals surface area contributed by atoms with E-state index in [4.69, 9.17) is 17.3 Å². The fraction of sp³-hybridized carbons (Fsp3) is 0.462. The molecule has 0 spiro atoms. The summed E-state index contributed by atoms with van der Waals surface area (Å²) in [6.45, 7) is 4.52. The molecule has 0 heterocycles. The number of benzene rings is 1. The van der Waals surface area contributed by atoms with Crippen LogP contribution < -0.4 is 5.73 Å². The summed E-state index contributed by atoms with van der Waals surface area (Å²) in [5.41, 5.74) is 5.93. The summed E-state index contributed by atoms with van der Waals surface area (Å²) in [6, 6.07) is 4.17. The number of anilines is 1. The van der Waals surface area contributed by atoms with Gasteiger partial charge in [0.25, 0.3) is 0 Å². The Morgan fingerprint density at radius 1 is 1.29 bits per heavy atom. The number of halogens is 1. The van der Waals surface area contributed by atoms with Gasteiger partial charge in [0.2, 0.25) is 15.9 Å². The maximum atomic E-state index is 12.4. The first-order chi connectivity index (χ1) is 9.73. The van der Waals surface area contributed by atoms with Gasteiger partial charge >= 0.3 is 0 Å². The lowest BCUT2D eigenvalue weighted by Crippen LogP contribution is -2.41. The first kappa shape index (κ1) is 17.7. The average Bonchev–Trinajstić information content (AvgIpc) is 2.39. The number of nitrogens with two attached hydrogens (primary N) is 1. The number of carbonyl (C=O) groups excluding carboxylic acids is 1. The lowest BCUT2D eigenvalue weighted by Gasteiger charge is -2.23. The van der Waals surface area contributed by atoms with E-state index >= 15 is 0 Å². The molecular formula is C13H20ClN3O3S. The fourth-order valence-corrected chi connectivity index (χ4v) is 3.49. The molecule has 0 radical (unpaired) electrons. The Morgan fingerprint density at radius 3 is 2.33 bits per heavy atom. The van der Waals surface area contributed by atoms with Crippen molar-refractivity contribution in [2.45, 2.75) is 18.7 Å². The number of nitrogen functional groups attached to an aromatic ring is 1. The standard InChI is InChI=1S/C13H20ClN3O3S/c1-4-17(5-2)13(18)9-16(3)21(19,20)12-7-6-10(15)8-11(12)14/h6-8H,4-5,9,15H2,1-3H3. The number of nitrogens with zero attached hydrogens (tertiary/aromatic N) is 2. The number of hydrogen-bond acceptors (Lipinski definition) is 4. The minimum Gasteiger partial charge on any atom is -0.399 e. The lowest BCUT2D eigenvalue weighted by atomic mass is 10.3. The van der Waals surface area contributed by atoms with Crippen LogP contribution in [0.4, 0.5) is 5.69 Å². The summed E-state index contributed by atoms with van der Waals surface area (Å²) in [7, 11) is -2.48. The van der Waals surface area contributed by atoms with Crippen molar-refractivity contribution in [3.8, 4) is 0 Å². The molecule has 1 rings (SSSR count). The van der Waals surface area contributed by atoms with Gasteiger partial charge in [-0.15, -0.1) is 0 Å². The molecule has 0 atom stereocenters. The number of amides is 1. The Labute approximate surface area is 130 Å². The van der Waals surface area contributed by atoms with Crippen LogP contribution in [0, 0.1) is 0 Å². The molecule has 8 heteroatoms. The second-order valence-corrected chi connectivity index (χ2v) is 6.94. The molecule has 1 aromatic rings. The largest absolute Gasteiger partial charge is 0.399 e. The van der Waals surface area contributed by atoms with Gasteiger partial charge in [0.1, 0.15) is 4.90 Å². The maximum absolute atomic E-state index is 12.4. The predicted octanol–water partition coefficient (Wildman–Crippen LogP) is 1.41. The van der Waals surface area contributed by atoms with Gasteiger partial charge in [-0.2, -0.15) is 4.31 Å². The van der Waals surface area contributed by atoms with E-state index in [1.165, 1.54) is 25.2 Å². The molecule has 1 amide bonds. The molecule has 0 fully saturated rings. The van der Waals surface area contributed by atoms with Crippen LogP contribution in [0.2, 0.25) is 5.02 Å². The normalized spacial score (nSPS) is 11.7. The predicted molar refractivity (Wildman–Crippen MR) is 83.6 cm³/mol. The van der Waals surface area contributed by atoms with E-state index in [0.717, 1.165) is 4.31 Å². The average molecular weight is 334 g/mol. The van der Waals surface area contributed by atoms with Crippen molar-refractivity contribution in [3.63, 3.8) is 0 Å². The topological polar surface area (TPSA) is 83.7 Å². The van der Waals surface area contributed by atoms with Gasteiger partial charge in [-0.05, 0) is 32.0 Å². The summed E-state index contributed by atoms with van der Waals surface area (Å²) in [5, 5.41) is 0.0390. The molecule has 0 aliphatic rings. The van der Waals surface area contributed by atoms with E-state index in [2.05, 4.69) is 0 Å². The molecule has 1 aromatic carbocycles. The molecule has 0 unspecified atom stereocenters. The van der Waals surface area contributed by atoms with Gasteiger partial charge in [-0.25, -0.2) is 8.42 Å². The minimum absolute atomic E-state index is 0.0390. The first-order valence-electron chi connectivity index (χ1n) is 6.53. The van der Waals surface area contributed by atoms with Gasteiger partial charge in [-0.1, -0.05) is 11.6 Å². The number of likely N-dealkylation sites (N-methyl/N-ethyl adjacent to an activating group) is 2. The van der Waals surface area contributed by atoms with Crippen LogP contribution in [0.1, 0.15) is 13.8 Å². The lowest BCUT2D eigenvalue weighted by molar-refractivity contribution is -0.130. The summed E-state index contributed by atoms with van der Waals surface area (Å²) >= 11 is 5.93. The van der Waals surface area contributed by atoms with Crippen molar-refractivity contribution < 1.29 is 13.2 Å². The van der Waals surface area contributed by atoms with E-state index in [1.54, 1.807) is 4.90 Å². The van der Waals surface area contributed by atoms with Crippen LogP contribution in [0.15, 0.2) is 23.1 Å². The van der Waals surface area contributed by atoms with E-state index in [-0.39, 0.29) is 22.4 Å². The third kappa shape index (κ3) is 4.09. The molecular weight excluding hydrogens is 314 g/mol. The summed E-state index contributed by atoms with van der Waals surface area (Å²) < 4.78 is 25.8. The highest BCUT2D eigenvalue weighted by atomic mass is 35.5. The summed E-state index contributed by atoms with van der Waals surface area (Å²) in [5.74, 6) is -0.252. The number of sulfonamides is 1. The van der Waals surface area contributed by atoms with E-state index in [0.29, 0.717) is 18.8 Å². The Balaban J connectivity index is 2.99.